The maximum Gasteiger partial charge on any atom is 0.255 e. The summed E-state index contributed by atoms with van der Waals surface area (Å²) in [5, 5.41) is 9.11. The molecule has 46 heavy (non-hydrogen) atoms. The fraction of sp³-hybridized carbons (Fsp3) is 0.200. The van der Waals surface area contributed by atoms with E-state index in [0.717, 1.165) is 38.9 Å². The lowest BCUT2D eigenvalue weighted by molar-refractivity contribution is -0.140. The minimum atomic E-state index is -1.21. The lowest BCUT2D eigenvalue weighted by Crippen LogP contribution is -2.49. The molecule has 0 radical (unpaired) electrons. The van der Waals surface area contributed by atoms with Gasteiger partial charge in [0.05, 0.1) is 6.61 Å². The number of aliphatic hydroxyl groups excluding tert-OH is 1. The molecule has 2 aliphatic rings. The molecule has 0 bridgehead atoms. The number of ether oxygens (including phenoxy) is 2. The molecule has 5 aromatic carbocycles. The molecule has 0 aliphatic carbocycles. The van der Waals surface area contributed by atoms with Gasteiger partial charge in [-0.2, -0.15) is 0 Å². The Labute approximate surface area is 269 Å². The van der Waals surface area contributed by atoms with Crippen LogP contribution in [0.25, 0.3) is 11.1 Å². The van der Waals surface area contributed by atoms with Gasteiger partial charge >= 0.3 is 0 Å². The Bertz CT molecular complexity index is 1820. The topological polar surface area (TPSA) is 71.4 Å². The lowest BCUT2D eigenvalue weighted by Gasteiger charge is -2.33. The Morgan fingerprint density at radius 3 is 2.11 bits per heavy atom. The molecular weight excluding hydrogens is 572 g/mol. The molecule has 2 aliphatic heterocycles. The van der Waals surface area contributed by atoms with Crippen LogP contribution in [0, 0.1) is 0 Å². The van der Waals surface area contributed by atoms with Crippen LogP contribution in [0.2, 0.25) is 0 Å². The zero-order valence-corrected chi connectivity index (χ0v) is 25.6. The van der Waals surface area contributed by atoms with Crippen LogP contribution in [-0.2, 0) is 29.0 Å². The predicted molar refractivity (Wildman–Crippen MR) is 179 cm³/mol. The van der Waals surface area contributed by atoms with Crippen molar-refractivity contribution in [3.05, 3.63) is 161 Å². The number of nitrogens with zero attached hydrogens (tertiary/aromatic N) is 2. The van der Waals surface area contributed by atoms with Crippen LogP contribution < -0.4 is 4.74 Å². The fourth-order valence-corrected chi connectivity index (χ4v) is 6.41. The summed E-state index contributed by atoms with van der Waals surface area (Å²) in [6, 6.07) is 44.6. The number of rotatable bonds is 9. The second-order valence-electron chi connectivity index (χ2n) is 11.9. The number of aliphatic imine (C=N–C) groups is 1. The van der Waals surface area contributed by atoms with Gasteiger partial charge in [-0.3, -0.25) is 4.79 Å². The normalized spacial score (nSPS) is 18.9. The summed E-state index contributed by atoms with van der Waals surface area (Å²) in [6.07, 6.45) is 0.350. The fourth-order valence-electron chi connectivity index (χ4n) is 6.41. The summed E-state index contributed by atoms with van der Waals surface area (Å²) in [4.78, 5) is 22.2. The molecule has 0 unspecified atom stereocenters. The summed E-state index contributed by atoms with van der Waals surface area (Å²) in [5.41, 5.74) is 5.97. The molecule has 7 rings (SSSR count). The molecule has 5 aromatic rings. The number of aliphatic hydroxyl groups is 1. The smallest absolute Gasteiger partial charge is 0.255 e. The summed E-state index contributed by atoms with van der Waals surface area (Å²) in [6.45, 7) is 1.48. The minimum absolute atomic E-state index is 0.0522. The number of hydrogen-bond acceptors (Lipinski definition) is 5. The van der Waals surface area contributed by atoms with Gasteiger partial charge in [-0.25, -0.2) is 4.99 Å². The summed E-state index contributed by atoms with van der Waals surface area (Å²) in [5.74, 6) is 1.09. The summed E-state index contributed by atoms with van der Waals surface area (Å²) in [7, 11) is 0. The Hall–Kier alpha value is -5.20. The zero-order valence-electron chi connectivity index (χ0n) is 25.6. The first-order chi connectivity index (χ1) is 22.6. The van der Waals surface area contributed by atoms with Crippen LogP contribution in [0.15, 0.2) is 138 Å². The molecule has 1 spiro atoms. The highest BCUT2D eigenvalue weighted by molar-refractivity contribution is 6.01. The van der Waals surface area contributed by atoms with Crippen molar-refractivity contribution in [2.24, 2.45) is 4.99 Å². The first kappa shape index (κ1) is 29.5. The van der Waals surface area contributed by atoms with E-state index >= 15 is 0 Å². The van der Waals surface area contributed by atoms with Gasteiger partial charge in [0.2, 0.25) is 5.90 Å². The molecule has 0 saturated heterocycles. The quantitative estimate of drug-likeness (QED) is 0.180. The standard InChI is InChI=1S/C40H36N2O4/c43-24-9-25-45-36-22-20-33(21-23-36)38-41-40(37(46-38)32-18-16-31(17-19-32)30-12-5-2-6-13-30)26-34-14-7-8-15-35(34)28-42(39(40)44)27-29-10-3-1-4-11-29/h1-8,10-23,37,43H,9,24-28H2/t37-,40-/m1/s1. The van der Waals surface area contributed by atoms with E-state index < -0.39 is 11.6 Å². The second-order valence-corrected chi connectivity index (χ2v) is 11.9. The number of fused-ring (bicyclic) bond motifs is 1. The molecule has 230 valence electrons. The molecule has 0 saturated carbocycles. The number of hydrogen-bond donors (Lipinski definition) is 1. The third-order valence-electron chi connectivity index (χ3n) is 8.77. The van der Waals surface area contributed by atoms with Gasteiger partial charge in [0.15, 0.2) is 11.6 Å². The molecule has 6 heteroatoms. The van der Waals surface area contributed by atoms with Crippen LogP contribution in [0.5, 0.6) is 5.75 Å². The zero-order chi connectivity index (χ0) is 31.3. The van der Waals surface area contributed by atoms with Crippen molar-refractivity contribution >= 4 is 11.8 Å². The highest BCUT2D eigenvalue weighted by atomic mass is 16.5. The molecule has 0 fully saturated rings. The van der Waals surface area contributed by atoms with Crippen molar-refractivity contribution in [1.29, 1.82) is 0 Å². The largest absolute Gasteiger partial charge is 0.494 e. The minimum Gasteiger partial charge on any atom is -0.494 e. The van der Waals surface area contributed by atoms with E-state index in [9.17, 15) is 4.79 Å². The molecule has 6 nitrogen and oxygen atoms in total. The summed E-state index contributed by atoms with van der Waals surface area (Å²) >= 11 is 0. The van der Waals surface area contributed by atoms with E-state index in [4.69, 9.17) is 19.6 Å². The van der Waals surface area contributed by atoms with Gasteiger partial charge in [-0.05, 0) is 57.6 Å². The van der Waals surface area contributed by atoms with Gasteiger partial charge in [-0.1, -0.05) is 109 Å². The average Bonchev–Trinajstić information content (AvgIpc) is 3.45. The van der Waals surface area contributed by atoms with Gasteiger partial charge in [0.1, 0.15) is 5.75 Å². The van der Waals surface area contributed by atoms with E-state index in [2.05, 4.69) is 60.7 Å². The maximum atomic E-state index is 15.0. The molecule has 1 amide bonds. The number of benzene rings is 5. The van der Waals surface area contributed by atoms with Crippen molar-refractivity contribution in [3.63, 3.8) is 0 Å². The Kier molecular flexibility index (Phi) is 8.36. The maximum absolute atomic E-state index is 15.0. The van der Waals surface area contributed by atoms with E-state index in [1.165, 1.54) is 0 Å². The van der Waals surface area contributed by atoms with E-state index in [-0.39, 0.29) is 12.5 Å². The van der Waals surface area contributed by atoms with Gasteiger partial charge in [0.25, 0.3) is 5.91 Å². The van der Waals surface area contributed by atoms with Crippen LogP contribution in [0.4, 0.5) is 0 Å². The third-order valence-corrected chi connectivity index (χ3v) is 8.77. The van der Waals surface area contributed by atoms with Gasteiger partial charge < -0.3 is 19.5 Å². The average molecular weight is 609 g/mol. The van der Waals surface area contributed by atoms with Crippen LogP contribution in [0.3, 0.4) is 0 Å². The molecule has 2 atom stereocenters. The van der Waals surface area contributed by atoms with Crippen molar-refractivity contribution in [1.82, 2.24) is 4.90 Å². The highest BCUT2D eigenvalue weighted by Crippen LogP contribution is 2.46. The monoisotopic (exact) mass is 608 g/mol. The van der Waals surface area contributed by atoms with Crippen LogP contribution in [-0.4, -0.2) is 40.6 Å². The van der Waals surface area contributed by atoms with Crippen molar-refractivity contribution in [3.8, 4) is 16.9 Å². The molecule has 2 heterocycles. The SMILES string of the molecule is O=C1N(Cc2ccccc2)Cc2ccccc2C[C@]12N=C(c1ccc(OCCCO)cc1)O[C@@H]2c1ccc(-c2ccccc2)cc1. The molecule has 1 N–H and O–H groups in total. The van der Waals surface area contributed by atoms with E-state index in [0.29, 0.717) is 44.2 Å². The summed E-state index contributed by atoms with van der Waals surface area (Å²) < 4.78 is 12.5. The van der Waals surface area contributed by atoms with E-state index in [1.54, 1.807) is 0 Å². The lowest BCUT2D eigenvalue weighted by atomic mass is 9.81. The second kappa shape index (κ2) is 13.0. The number of carbonyl (C=O) groups excluding carboxylic acids is 1. The Morgan fingerprint density at radius 2 is 1.39 bits per heavy atom. The van der Waals surface area contributed by atoms with Crippen LogP contribution >= 0.6 is 0 Å². The number of carbonyl (C=O) groups is 1. The van der Waals surface area contributed by atoms with E-state index in [1.807, 2.05) is 77.7 Å². The van der Waals surface area contributed by atoms with Crippen molar-refractivity contribution in [2.75, 3.05) is 13.2 Å². The Morgan fingerprint density at radius 1 is 0.761 bits per heavy atom. The first-order valence-electron chi connectivity index (χ1n) is 15.8. The molecular formula is C40H36N2O4. The highest BCUT2D eigenvalue weighted by Gasteiger charge is 2.56. The predicted octanol–water partition coefficient (Wildman–Crippen LogP) is 7.16. The molecule has 0 aromatic heterocycles. The van der Waals surface area contributed by atoms with Gasteiger partial charge in [-0.15, -0.1) is 0 Å². The first-order valence-corrected chi connectivity index (χ1v) is 15.8. The van der Waals surface area contributed by atoms with Crippen molar-refractivity contribution in [2.45, 2.75) is 37.6 Å². The van der Waals surface area contributed by atoms with Crippen molar-refractivity contribution < 1.29 is 19.4 Å². The van der Waals surface area contributed by atoms with Crippen LogP contribution in [0.1, 0.15) is 40.3 Å². The number of amides is 1. The third kappa shape index (κ3) is 5.92. The van der Waals surface area contributed by atoms with Gasteiger partial charge in [0, 0.05) is 38.1 Å². The Balaban J connectivity index is 1.31.